The minimum absolute atomic E-state index is 0.412. The molecule has 0 saturated heterocycles. The molecule has 1 aromatic carbocycles. The lowest BCUT2D eigenvalue weighted by Gasteiger charge is -2.13. The molecular formula is C16H19N3O2. The molecule has 2 aromatic rings. The third kappa shape index (κ3) is 3.51. The van der Waals surface area contributed by atoms with Gasteiger partial charge in [0.1, 0.15) is 11.6 Å². The summed E-state index contributed by atoms with van der Waals surface area (Å²) in [5, 5.41) is 3.14. The molecule has 110 valence electrons. The highest BCUT2D eigenvalue weighted by molar-refractivity contribution is 5.99. The summed E-state index contributed by atoms with van der Waals surface area (Å²) in [5.41, 5.74) is 8.31. The van der Waals surface area contributed by atoms with Crippen LogP contribution in [-0.4, -0.2) is 17.5 Å². The van der Waals surface area contributed by atoms with Crippen LogP contribution in [0.25, 0.3) is 0 Å². The van der Waals surface area contributed by atoms with E-state index >= 15 is 0 Å². The fraction of sp³-hybridized carbons (Fsp3) is 0.250. The number of ether oxygens (including phenoxy) is 1. The van der Waals surface area contributed by atoms with E-state index in [4.69, 9.17) is 10.5 Å². The van der Waals surface area contributed by atoms with Crippen molar-refractivity contribution in [3.63, 3.8) is 0 Å². The molecule has 0 fully saturated rings. The lowest BCUT2D eigenvalue weighted by atomic mass is 10.1. The predicted molar refractivity (Wildman–Crippen MR) is 83.1 cm³/mol. The van der Waals surface area contributed by atoms with Crippen molar-refractivity contribution in [3.8, 4) is 5.75 Å². The summed E-state index contributed by atoms with van der Waals surface area (Å²) in [4.78, 5) is 16.0. The number of aromatic nitrogens is 1. The molecule has 21 heavy (non-hydrogen) atoms. The highest BCUT2D eigenvalue weighted by Gasteiger charge is 2.14. The first-order chi connectivity index (χ1) is 10.0. The number of anilines is 2. The number of pyridine rings is 1. The minimum atomic E-state index is -0.492. The molecule has 0 radical (unpaired) electrons. The van der Waals surface area contributed by atoms with Crippen molar-refractivity contribution in [2.75, 3.05) is 11.9 Å². The molecule has 2 rings (SSSR count). The number of primary amides is 1. The van der Waals surface area contributed by atoms with E-state index in [1.165, 1.54) is 0 Å². The Hall–Kier alpha value is -2.56. The van der Waals surface area contributed by atoms with E-state index in [0.29, 0.717) is 18.0 Å². The van der Waals surface area contributed by atoms with E-state index < -0.39 is 5.91 Å². The van der Waals surface area contributed by atoms with Gasteiger partial charge in [0.2, 0.25) is 0 Å². The molecule has 3 N–H and O–H groups in total. The number of benzene rings is 1. The van der Waals surface area contributed by atoms with Gasteiger partial charge in [-0.05, 0) is 56.7 Å². The van der Waals surface area contributed by atoms with Crippen LogP contribution in [0.2, 0.25) is 0 Å². The van der Waals surface area contributed by atoms with E-state index in [-0.39, 0.29) is 0 Å². The Bertz CT molecular complexity index is 651. The zero-order chi connectivity index (χ0) is 15.4. The van der Waals surface area contributed by atoms with Crippen LogP contribution in [0.1, 0.15) is 28.5 Å². The lowest BCUT2D eigenvalue weighted by molar-refractivity contribution is 0.100. The number of nitrogens with one attached hydrogen (secondary N) is 1. The number of nitrogens with zero attached hydrogens (tertiary/aromatic N) is 1. The maximum absolute atomic E-state index is 11.6. The number of nitrogens with two attached hydrogens (primary N) is 1. The molecule has 0 spiro atoms. The molecule has 5 nitrogen and oxygen atoms in total. The molecule has 5 heteroatoms. The van der Waals surface area contributed by atoms with Gasteiger partial charge in [-0.3, -0.25) is 4.79 Å². The Morgan fingerprint density at radius 1 is 1.29 bits per heavy atom. The van der Waals surface area contributed by atoms with Crippen LogP contribution < -0.4 is 15.8 Å². The van der Waals surface area contributed by atoms with Crippen molar-refractivity contribution in [1.29, 1.82) is 0 Å². The average Bonchev–Trinajstić information content (AvgIpc) is 2.40. The van der Waals surface area contributed by atoms with Crippen LogP contribution in [0, 0.1) is 13.8 Å². The van der Waals surface area contributed by atoms with Crippen LogP contribution in [0.15, 0.2) is 30.3 Å². The minimum Gasteiger partial charge on any atom is -0.494 e. The van der Waals surface area contributed by atoms with Gasteiger partial charge in [-0.2, -0.15) is 0 Å². The summed E-state index contributed by atoms with van der Waals surface area (Å²) in [6.07, 6.45) is 0. The van der Waals surface area contributed by atoms with Gasteiger partial charge in [0.05, 0.1) is 12.2 Å². The van der Waals surface area contributed by atoms with Crippen molar-refractivity contribution in [1.82, 2.24) is 4.98 Å². The number of carbonyl (C=O) groups excluding carboxylic acids is 1. The largest absolute Gasteiger partial charge is 0.494 e. The Kier molecular flexibility index (Phi) is 4.42. The SMILES string of the molecule is CCOc1ccc(Nc2nc(C)cc(C)c2C(N)=O)cc1. The van der Waals surface area contributed by atoms with Crippen LogP contribution in [-0.2, 0) is 0 Å². The Balaban J connectivity index is 2.32. The molecule has 1 aromatic heterocycles. The van der Waals surface area contributed by atoms with Gasteiger partial charge in [0.15, 0.2) is 0 Å². The highest BCUT2D eigenvalue weighted by Crippen LogP contribution is 2.24. The zero-order valence-electron chi connectivity index (χ0n) is 12.4. The second-order valence-electron chi connectivity index (χ2n) is 4.75. The third-order valence-corrected chi connectivity index (χ3v) is 3.02. The Morgan fingerprint density at radius 2 is 1.95 bits per heavy atom. The summed E-state index contributed by atoms with van der Waals surface area (Å²) in [7, 11) is 0. The summed E-state index contributed by atoms with van der Waals surface area (Å²) in [6, 6.07) is 9.30. The second-order valence-corrected chi connectivity index (χ2v) is 4.75. The standard InChI is InChI=1S/C16H19N3O2/c1-4-21-13-7-5-12(6-8-13)19-16-14(15(17)20)10(2)9-11(3)18-16/h5-9H,4H2,1-3H3,(H2,17,20)(H,18,19). The molecule has 0 aliphatic rings. The van der Waals surface area contributed by atoms with Gasteiger partial charge in [-0.1, -0.05) is 0 Å². The number of carbonyl (C=O) groups is 1. The number of hydrogen-bond donors (Lipinski definition) is 2. The third-order valence-electron chi connectivity index (χ3n) is 3.02. The monoisotopic (exact) mass is 285 g/mol. The van der Waals surface area contributed by atoms with Crippen molar-refractivity contribution in [2.45, 2.75) is 20.8 Å². The number of rotatable bonds is 5. The van der Waals surface area contributed by atoms with Crippen LogP contribution >= 0.6 is 0 Å². The van der Waals surface area contributed by atoms with E-state index in [9.17, 15) is 4.79 Å². The van der Waals surface area contributed by atoms with Gasteiger partial charge in [0.25, 0.3) is 5.91 Å². The average molecular weight is 285 g/mol. The number of aryl methyl sites for hydroxylation is 2. The van der Waals surface area contributed by atoms with Crippen molar-refractivity contribution >= 4 is 17.4 Å². The van der Waals surface area contributed by atoms with Crippen LogP contribution in [0.5, 0.6) is 5.75 Å². The van der Waals surface area contributed by atoms with E-state index in [2.05, 4.69) is 10.3 Å². The lowest BCUT2D eigenvalue weighted by Crippen LogP contribution is -2.16. The first kappa shape index (κ1) is 14.8. The second kappa shape index (κ2) is 6.26. The summed E-state index contributed by atoms with van der Waals surface area (Å²) in [5.74, 6) is 0.782. The Labute approximate surface area is 124 Å². The normalized spacial score (nSPS) is 10.2. The summed E-state index contributed by atoms with van der Waals surface area (Å²) in [6.45, 7) is 6.28. The van der Waals surface area contributed by atoms with Gasteiger partial charge >= 0.3 is 0 Å². The fourth-order valence-corrected chi connectivity index (χ4v) is 2.18. The molecular weight excluding hydrogens is 266 g/mol. The smallest absolute Gasteiger partial charge is 0.252 e. The maximum atomic E-state index is 11.6. The topological polar surface area (TPSA) is 77.2 Å². The summed E-state index contributed by atoms with van der Waals surface area (Å²) < 4.78 is 5.39. The molecule has 0 saturated carbocycles. The maximum Gasteiger partial charge on any atom is 0.252 e. The van der Waals surface area contributed by atoms with Gasteiger partial charge < -0.3 is 15.8 Å². The quantitative estimate of drug-likeness (QED) is 0.885. The van der Waals surface area contributed by atoms with Crippen molar-refractivity contribution < 1.29 is 9.53 Å². The molecule has 1 amide bonds. The van der Waals surface area contributed by atoms with Crippen LogP contribution in [0.3, 0.4) is 0 Å². The summed E-state index contributed by atoms with van der Waals surface area (Å²) >= 11 is 0. The van der Waals surface area contributed by atoms with E-state index in [0.717, 1.165) is 22.7 Å². The van der Waals surface area contributed by atoms with Crippen molar-refractivity contribution in [2.24, 2.45) is 5.73 Å². The number of hydrogen-bond acceptors (Lipinski definition) is 4. The van der Waals surface area contributed by atoms with Gasteiger partial charge in [0, 0.05) is 11.4 Å². The van der Waals surface area contributed by atoms with E-state index in [1.54, 1.807) is 0 Å². The molecule has 0 aliphatic carbocycles. The van der Waals surface area contributed by atoms with Crippen molar-refractivity contribution in [3.05, 3.63) is 47.2 Å². The van der Waals surface area contributed by atoms with Crippen LogP contribution in [0.4, 0.5) is 11.5 Å². The van der Waals surface area contributed by atoms with Gasteiger partial charge in [-0.15, -0.1) is 0 Å². The molecule has 1 heterocycles. The molecule has 0 bridgehead atoms. The Morgan fingerprint density at radius 3 is 2.52 bits per heavy atom. The highest BCUT2D eigenvalue weighted by atomic mass is 16.5. The zero-order valence-corrected chi connectivity index (χ0v) is 12.4. The van der Waals surface area contributed by atoms with Gasteiger partial charge in [-0.25, -0.2) is 4.98 Å². The molecule has 0 aliphatic heterocycles. The molecule has 0 unspecified atom stereocenters. The molecule has 0 atom stereocenters. The fourth-order valence-electron chi connectivity index (χ4n) is 2.18. The first-order valence-corrected chi connectivity index (χ1v) is 6.79. The first-order valence-electron chi connectivity index (χ1n) is 6.79. The number of amides is 1. The van der Waals surface area contributed by atoms with E-state index in [1.807, 2.05) is 51.1 Å². The predicted octanol–water partition coefficient (Wildman–Crippen LogP) is 2.94.